The quantitative estimate of drug-likeness (QED) is 0.152. The first-order valence-electron chi connectivity index (χ1n) is 18.1. The molecule has 7 rings (SSSR count). The molecule has 4 heterocycles. The molecule has 1 saturated heterocycles. The highest BCUT2D eigenvalue weighted by Gasteiger charge is 2.31. The van der Waals surface area contributed by atoms with Gasteiger partial charge in [0.15, 0.2) is 5.65 Å². The minimum absolute atomic E-state index is 0.171. The molecule has 1 fully saturated rings. The van der Waals surface area contributed by atoms with E-state index in [1.807, 2.05) is 72.1 Å². The van der Waals surface area contributed by atoms with Crippen molar-refractivity contribution in [3.63, 3.8) is 0 Å². The average Bonchev–Trinajstić information content (AvgIpc) is 3.84. The van der Waals surface area contributed by atoms with Crippen LogP contribution in [0.4, 0.5) is 16.6 Å². The van der Waals surface area contributed by atoms with Crippen molar-refractivity contribution in [2.75, 3.05) is 44.0 Å². The number of fused-ring (bicyclic) bond motifs is 2. The molecule has 1 aliphatic carbocycles. The second-order valence-electron chi connectivity index (χ2n) is 15.1. The number of urea groups is 1. The predicted molar refractivity (Wildman–Crippen MR) is 204 cm³/mol. The number of hydrogen-bond acceptors (Lipinski definition) is 8. The highest BCUT2D eigenvalue weighted by atomic mass is 35.5. The summed E-state index contributed by atoms with van der Waals surface area (Å²) < 4.78 is 16.4. The number of halogens is 1. The molecule has 2 aliphatic rings. The van der Waals surface area contributed by atoms with Gasteiger partial charge in [-0.1, -0.05) is 56.6 Å². The number of anilines is 2. The number of benzene rings is 2. The van der Waals surface area contributed by atoms with E-state index in [0.717, 1.165) is 72.2 Å². The summed E-state index contributed by atoms with van der Waals surface area (Å²) in [7, 11) is 3.98. The van der Waals surface area contributed by atoms with Gasteiger partial charge in [-0.05, 0) is 82.1 Å². The van der Waals surface area contributed by atoms with E-state index in [-0.39, 0.29) is 23.6 Å². The van der Waals surface area contributed by atoms with Gasteiger partial charge < -0.3 is 24.6 Å². The number of aromatic nitrogens is 5. The first kappa shape index (κ1) is 35.6. The van der Waals surface area contributed by atoms with Gasteiger partial charge in [-0.3, -0.25) is 9.72 Å². The Bertz CT molecular complexity index is 2050. The minimum atomic E-state index is -0.320. The highest BCUT2D eigenvalue weighted by molar-refractivity contribution is 6.32. The van der Waals surface area contributed by atoms with E-state index in [9.17, 15) is 4.79 Å². The van der Waals surface area contributed by atoms with E-state index < -0.39 is 0 Å². The number of pyridine rings is 1. The summed E-state index contributed by atoms with van der Waals surface area (Å²) in [5.74, 6) is 2.70. The highest BCUT2D eigenvalue weighted by Crippen LogP contribution is 2.39. The number of ether oxygens (including phenoxy) is 2. The van der Waals surface area contributed by atoms with Crippen LogP contribution in [0.2, 0.25) is 5.02 Å². The Labute approximate surface area is 310 Å². The maximum Gasteiger partial charge on any atom is 0.320 e. The Morgan fingerprint density at radius 2 is 1.83 bits per heavy atom. The van der Waals surface area contributed by atoms with Gasteiger partial charge in [0.1, 0.15) is 30.0 Å². The first-order chi connectivity index (χ1) is 24.9. The average molecular weight is 726 g/mol. The molecule has 2 aromatic carbocycles. The molecule has 2 N–H and O–H groups in total. The Hall–Kier alpha value is -4.81. The molecule has 0 spiro atoms. The molecule has 52 heavy (non-hydrogen) atoms. The Morgan fingerprint density at radius 3 is 2.58 bits per heavy atom. The summed E-state index contributed by atoms with van der Waals surface area (Å²) in [5.41, 5.74) is 4.19. The topological polar surface area (TPSA) is 114 Å². The van der Waals surface area contributed by atoms with Crippen LogP contribution in [0.25, 0.3) is 11.3 Å². The largest absolute Gasteiger partial charge is 0.491 e. The number of carbonyl (C=O) groups is 1. The van der Waals surface area contributed by atoms with Crippen LogP contribution in [0.5, 0.6) is 11.5 Å². The summed E-state index contributed by atoms with van der Waals surface area (Å²) in [4.78, 5) is 18.1. The van der Waals surface area contributed by atoms with Crippen LogP contribution in [-0.4, -0.2) is 75.1 Å². The monoisotopic (exact) mass is 725 g/mol. The van der Waals surface area contributed by atoms with Crippen LogP contribution >= 0.6 is 11.6 Å². The maximum absolute atomic E-state index is 13.7. The van der Waals surface area contributed by atoms with E-state index in [1.54, 1.807) is 10.7 Å². The number of rotatable bonds is 10. The summed E-state index contributed by atoms with van der Waals surface area (Å²) in [6.45, 7) is 10.7. The fourth-order valence-corrected chi connectivity index (χ4v) is 7.13. The molecule has 12 nitrogen and oxygen atoms in total. The molecular formula is C39H48ClN9O3. The Morgan fingerprint density at radius 1 is 1.02 bits per heavy atom. The molecule has 1 aliphatic heterocycles. The summed E-state index contributed by atoms with van der Waals surface area (Å²) in [5, 5.41) is 20.6. The van der Waals surface area contributed by atoms with Crippen molar-refractivity contribution >= 4 is 35.0 Å². The van der Waals surface area contributed by atoms with Gasteiger partial charge in [-0.15, -0.1) is 10.2 Å². The number of nitrogens with one attached hydrogen (secondary N) is 2. The fourth-order valence-electron chi connectivity index (χ4n) is 6.96. The molecule has 274 valence electrons. The molecule has 0 radical (unpaired) electrons. The first-order valence-corrected chi connectivity index (χ1v) is 18.4. The molecule has 0 bridgehead atoms. The van der Waals surface area contributed by atoms with Gasteiger partial charge in [0.2, 0.25) is 5.95 Å². The molecule has 0 saturated carbocycles. The van der Waals surface area contributed by atoms with Crippen molar-refractivity contribution in [3.05, 3.63) is 88.7 Å². The number of carbonyl (C=O) groups excluding carboxylic acids is 1. The van der Waals surface area contributed by atoms with Gasteiger partial charge in [0, 0.05) is 36.7 Å². The van der Waals surface area contributed by atoms with E-state index in [0.29, 0.717) is 35.7 Å². The second-order valence-corrected chi connectivity index (χ2v) is 15.5. The lowest BCUT2D eigenvalue weighted by Crippen LogP contribution is -2.36. The van der Waals surface area contributed by atoms with Crippen molar-refractivity contribution in [1.82, 2.24) is 34.6 Å². The van der Waals surface area contributed by atoms with Crippen LogP contribution in [0.3, 0.4) is 0 Å². The van der Waals surface area contributed by atoms with Crippen molar-refractivity contribution in [2.45, 2.75) is 77.0 Å². The lowest BCUT2D eigenvalue weighted by molar-refractivity contribution is 0.171. The predicted octanol–water partition coefficient (Wildman–Crippen LogP) is 7.57. The van der Waals surface area contributed by atoms with Gasteiger partial charge in [0.25, 0.3) is 0 Å². The minimum Gasteiger partial charge on any atom is -0.491 e. The van der Waals surface area contributed by atoms with Crippen molar-refractivity contribution < 1.29 is 14.3 Å². The standard InChI is InChI=1S/C39H48ClN9O3/c1-25-10-9-19-47(25)38-44-43-35-18-14-27(24-48(35)38)52-32-17-16-31(28-11-7-8-12-29(28)32)41-37(50)42-36-23-34(39(2,3)4)45-49(36)26-13-15-30(40)33(22-26)51-21-20-46(5)6/h7-8,11-15,18,22-25,31-32H,9-10,16-17,19-21H2,1-6H3,(H2,41,42,50)/t25?,31-,32+/m0/s1. The lowest BCUT2D eigenvalue weighted by atomic mass is 9.85. The van der Waals surface area contributed by atoms with Crippen LogP contribution in [0, 0.1) is 0 Å². The molecule has 3 aromatic heterocycles. The van der Waals surface area contributed by atoms with Crippen LogP contribution in [0.1, 0.15) is 82.3 Å². The summed E-state index contributed by atoms with van der Waals surface area (Å²) in [6, 6.07) is 19.4. The third-order valence-electron chi connectivity index (χ3n) is 9.86. The molecule has 1 unspecified atom stereocenters. The van der Waals surface area contributed by atoms with Gasteiger partial charge in [-0.2, -0.15) is 5.10 Å². The van der Waals surface area contributed by atoms with E-state index in [1.165, 1.54) is 0 Å². The molecule has 3 atom stereocenters. The van der Waals surface area contributed by atoms with E-state index in [2.05, 4.69) is 65.6 Å². The Balaban J connectivity index is 1.08. The maximum atomic E-state index is 13.7. The summed E-state index contributed by atoms with van der Waals surface area (Å²) >= 11 is 6.50. The number of nitrogens with zero attached hydrogens (tertiary/aromatic N) is 7. The Kier molecular flexibility index (Phi) is 10.0. The molecule has 2 amide bonds. The zero-order chi connectivity index (χ0) is 36.6. The van der Waals surface area contributed by atoms with Crippen LogP contribution in [0.15, 0.2) is 66.9 Å². The molecular weight excluding hydrogens is 678 g/mol. The fraction of sp³-hybridized carbons (Fsp3) is 0.436. The van der Waals surface area contributed by atoms with Crippen molar-refractivity contribution in [2.24, 2.45) is 0 Å². The van der Waals surface area contributed by atoms with Crippen LogP contribution < -0.4 is 25.0 Å². The SMILES string of the molecule is CC1CCCN1c1nnc2ccc(O[C@@H]3CC[C@H](NC(=O)Nc4cc(C(C)(C)C)nn4-c4ccc(Cl)c(OCCN(C)C)c4)c4ccccc43)cn12. The van der Waals surface area contributed by atoms with E-state index >= 15 is 0 Å². The number of likely N-dealkylation sites (N-methyl/N-ethyl adjacent to an activating group) is 1. The third-order valence-corrected chi connectivity index (χ3v) is 10.2. The second kappa shape index (κ2) is 14.7. The smallest absolute Gasteiger partial charge is 0.320 e. The summed E-state index contributed by atoms with van der Waals surface area (Å²) in [6.07, 6.45) is 5.55. The normalized spacial score (nSPS) is 18.8. The third kappa shape index (κ3) is 7.54. The zero-order valence-electron chi connectivity index (χ0n) is 30.8. The van der Waals surface area contributed by atoms with Crippen LogP contribution in [-0.2, 0) is 5.41 Å². The molecule has 13 heteroatoms. The lowest BCUT2D eigenvalue weighted by Gasteiger charge is -2.32. The zero-order valence-corrected chi connectivity index (χ0v) is 31.5. The van der Waals surface area contributed by atoms with Gasteiger partial charge >= 0.3 is 6.03 Å². The number of amides is 2. The van der Waals surface area contributed by atoms with Gasteiger partial charge in [-0.25, -0.2) is 9.48 Å². The van der Waals surface area contributed by atoms with Gasteiger partial charge in [0.05, 0.1) is 28.6 Å². The van der Waals surface area contributed by atoms with E-state index in [4.69, 9.17) is 26.2 Å². The van der Waals surface area contributed by atoms with Crippen molar-refractivity contribution in [1.29, 1.82) is 0 Å². The van der Waals surface area contributed by atoms with Crippen molar-refractivity contribution in [3.8, 4) is 17.2 Å². The number of hydrogen-bond donors (Lipinski definition) is 2. The molecule has 5 aromatic rings.